The van der Waals surface area contributed by atoms with Crippen molar-refractivity contribution in [2.45, 2.75) is 96.8 Å². The predicted octanol–water partition coefficient (Wildman–Crippen LogP) is 0.311. The lowest BCUT2D eigenvalue weighted by Gasteiger charge is -2.28. The number of carbonyl (C=O) groups is 6. The summed E-state index contributed by atoms with van der Waals surface area (Å²) >= 11 is 0. The molecule has 248 valence electrons. The van der Waals surface area contributed by atoms with E-state index in [0.717, 1.165) is 0 Å². The van der Waals surface area contributed by atoms with Crippen LogP contribution in [-0.2, 0) is 76.1 Å². The van der Waals surface area contributed by atoms with Crippen molar-refractivity contribution in [3.05, 3.63) is 12.3 Å². The van der Waals surface area contributed by atoms with Gasteiger partial charge in [0.25, 0.3) is 0 Å². The predicted molar refractivity (Wildman–Crippen MR) is 143 cm³/mol. The lowest BCUT2D eigenvalue weighted by atomic mass is 10.1. The molecule has 0 amide bonds. The molecule has 0 aromatic carbocycles. The Balaban J connectivity index is 1.96. The average Bonchev–Trinajstić information content (AvgIpc) is 3.48. The standard InChI is InChI=1S/C28H40O16/c1-15(29)37-13-23(41-17(3)31)25-27(43-19(5)33)21(11-39-25)35-9-7-8-10-36-22-12-40-26(28(22)44-20(6)34)24(42-18(4)32)14-38-16(2)30/h7,9,21-28H,8,10-14H2,1-6H3/b9-7+/t21-,22-,23+,24+,25+,26+,27+,28+/m0/s1. The number of ether oxygens (including phenoxy) is 10. The van der Waals surface area contributed by atoms with Gasteiger partial charge in [-0.15, -0.1) is 0 Å². The fourth-order valence-electron chi connectivity index (χ4n) is 4.51. The molecule has 2 rings (SSSR count). The zero-order valence-electron chi connectivity index (χ0n) is 25.5. The van der Waals surface area contributed by atoms with Gasteiger partial charge in [-0.1, -0.05) is 0 Å². The van der Waals surface area contributed by atoms with Crippen molar-refractivity contribution in [1.29, 1.82) is 0 Å². The van der Waals surface area contributed by atoms with Crippen LogP contribution < -0.4 is 0 Å². The SMILES string of the molecule is CC(=O)OC[C@@H](OC(C)=O)[C@H]1OC[C@H](O/C=C/CCO[C@H]2CO[C@H]([C@@H](COC(C)=O)OC(C)=O)[C@@H]2OC(C)=O)[C@H]1OC(C)=O. The zero-order chi connectivity index (χ0) is 32.8. The highest BCUT2D eigenvalue weighted by molar-refractivity contribution is 5.68. The van der Waals surface area contributed by atoms with Crippen LogP contribution in [-0.4, -0.2) is 118 Å². The number of esters is 6. The second-order valence-electron chi connectivity index (χ2n) is 9.89. The molecule has 2 aliphatic heterocycles. The first-order chi connectivity index (χ1) is 20.8. The highest BCUT2D eigenvalue weighted by atomic mass is 16.7. The molecule has 16 heteroatoms. The van der Waals surface area contributed by atoms with Crippen molar-refractivity contribution < 1.29 is 76.1 Å². The second kappa shape index (κ2) is 18.1. The molecular formula is C28H40O16. The minimum Gasteiger partial charge on any atom is -0.492 e. The molecule has 2 saturated heterocycles. The molecule has 2 aliphatic rings. The molecule has 0 aliphatic carbocycles. The molecule has 0 aromatic rings. The number of hydrogen-bond donors (Lipinski definition) is 0. The molecule has 0 saturated carbocycles. The third-order valence-electron chi connectivity index (χ3n) is 6.13. The summed E-state index contributed by atoms with van der Waals surface area (Å²) in [5, 5.41) is 0. The Morgan fingerprint density at radius 2 is 1.11 bits per heavy atom. The van der Waals surface area contributed by atoms with Crippen molar-refractivity contribution in [3.8, 4) is 0 Å². The third kappa shape index (κ3) is 12.5. The van der Waals surface area contributed by atoms with E-state index in [2.05, 4.69) is 0 Å². The quantitative estimate of drug-likeness (QED) is 0.0975. The summed E-state index contributed by atoms with van der Waals surface area (Å²) in [5.41, 5.74) is 0. The van der Waals surface area contributed by atoms with Gasteiger partial charge in [-0.05, 0) is 12.5 Å². The molecule has 44 heavy (non-hydrogen) atoms. The van der Waals surface area contributed by atoms with E-state index in [4.69, 9.17) is 47.4 Å². The maximum absolute atomic E-state index is 11.8. The van der Waals surface area contributed by atoms with Crippen LogP contribution >= 0.6 is 0 Å². The van der Waals surface area contributed by atoms with E-state index in [1.165, 1.54) is 47.8 Å². The summed E-state index contributed by atoms with van der Waals surface area (Å²) in [6, 6.07) is 0. The molecule has 0 unspecified atom stereocenters. The molecular weight excluding hydrogens is 592 g/mol. The van der Waals surface area contributed by atoms with Gasteiger partial charge >= 0.3 is 35.8 Å². The van der Waals surface area contributed by atoms with Crippen LogP contribution in [0, 0.1) is 0 Å². The molecule has 8 atom stereocenters. The molecule has 16 nitrogen and oxygen atoms in total. The van der Waals surface area contributed by atoms with Crippen LogP contribution in [0.15, 0.2) is 12.3 Å². The summed E-state index contributed by atoms with van der Waals surface area (Å²) in [5.74, 6) is -3.68. The van der Waals surface area contributed by atoms with Crippen LogP contribution in [0.1, 0.15) is 48.0 Å². The average molecular weight is 633 g/mol. The van der Waals surface area contributed by atoms with Gasteiger partial charge in [-0.3, -0.25) is 28.8 Å². The number of carbonyl (C=O) groups excluding carboxylic acids is 6. The summed E-state index contributed by atoms with van der Waals surface area (Å²) < 4.78 is 54.2. The van der Waals surface area contributed by atoms with Crippen molar-refractivity contribution >= 4 is 35.8 Å². The monoisotopic (exact) mass is 632 g/mol. The normalized spacial score (nSPS) is 25.9. The Hall–Kier alpha value is -3.76. The van der Waals surface area contributed by atoms with Crippen LogP contribution in [0.4, 0.5) is 0 Å². The van der Waals surface area contributed by atoms with E-state index in [9.17, 15) is 28.8 Å². The van der Waals surface area contributed by atoms with E-state index >= 15 is 0 Å². The maximum atomic E-state index is 11.8. The maximum Gasteiger partial charge on any atom is 0.303 e. The Morgan fingerprint density at radius 1 is 0.659 bits per heavy atom. The molecule has 2 fully saturated rings. The summed E-state index contributed by atoms with van der Waals surface area (Å²) in [7, 11) is 0. The van der Waals surface area contributed by atoms with Gasteiger partial charge in [0, 0.05) is 41.5 Å². The largest absolute Gasteiger partial charge is 0.492 e. The van der Waals surface area contributed by atoms with Gasteiger partial charge in [-0.2, -0.15) is 0 Å². The van der Waals surface area contributed by atoms with E-state index in [0.29, 0.717) is 6.42 Å². The lowest BCUT2D eigenvalue weighted by Crippen LogP contribution is -2.46. The van der Waals surface area contributed by atoms with Crippen molar-refractivity contribution in [1.82, 2.24) is 0 Å². The summed E-state index contributed by atoms with van der Waals surface area (Å²) in [6.45, 7) is 6.74. The fraction of sp³-hybridized carbons (Fsp3) is 0.714. The van der Waals surface area contributed by atoms with Crippen molar-refractivity contribution in [3.63, 3.8) is 0 Å². The van der Waals surface area contributed by atoms with Crippen LogP contribution in [0.25, 0.3) is 0 Å². The van der Waals surface area contributed by atoms with Crippen LogP contribution in [0.5, 0.6) is 0 Å². The lowest BCUT2D eigenvalue weighted by molar-refractivity contribution is -0.175. The Kier molecular flexibility index (Phi) is 15.0. The van der Waals surface area contributed by atoms with Gasteiger partial charge < -0.3 is 47.4 Å². The van der Waals surface area contributed by atoms with Crippen LogP contribution in [0.2, 0.25) is 0 Å². The highest BCUT2D eigenvalue weighted by Gasteiger charge is 2.48. The van der Waals surface area contributed by atoms with E-state index in [1.807, 2.05) is 0 Å². The topological polar surface area (TPSA) is 195 Å². The fourth-order valence-corrected chi connectivity index (χ4v) is 4.51. The van der Waals surface area contributed by atoms with E-state index in [-0.39, 0.29) is 33.0 Å². The smallest absolute Gasteiger partial charge is 0.303 e. The van der Waals surface area contributed by atoms with Gasteiger partial charge in [-0.25, -0.2) is 0 Å². The van der Waals surface area contributed by atoms with Crippen molar-refractivity contribution in [2.75, 3.05) is 33.0 Å². The first-order valence-corrected chi connectivity index (χ1v) is 13.9. The zero-order valence-corrected chi connectivity index (χ0v) is 25.5. The Morgan fingerprint density at radius 3 is 1.55 bits per heavy atom. The van der Waals surface area contributed by atoms with Gasteiger partial charge in [0.2, 0.25) is 0 Å². The molecule has 0 radical (unpaired) electrons. The number of rotatable bonds is 16. The van der Waals surface area contributed by atoms with Gasteiger partial charge in [0.1, 0.15) is 31.5 Å². The number of hydrogen-bond acceptors (Lipinski definition) is 16. The van der Waals surface area contributed by atoms with Crippen LogP contribution in [0.3, 0.4) is 0 Å². The summed E-state index contributed by atoms with van der Waals surface area (Å²) in [4.78, 5) is 69.3. The minimum absolute atomic E-state index is 0.0109. The summed E-state index contributed by atoms with van der Waals surface area (Å²) in [6.07, 6.45) is -3.98. The molecule has 0 N–H and O–H groups in total. The molecule has 0 bridgehead atoms. The van der Waals surface area contributed by atoms with Gasteiger partial charge in [0.05, 0.1) is 26.1 Å². The van der Waals surface area contributed by atoms with E-state index < -0.39 is 84.6 Å². The minimum atomic E-state index is -1.04. The first-order valence-electron chi connectivity index (χ1n) is 13.9. The molecule has 0 aromatic heterocycles. The molecule has 0 spiro atoms. The second-order valence-corrected chi connectivity index (χ2v) is 9.89. The third-order valence-corrected chi connectivity index (χ3v) is 6.13. The van der Waals surface area contributed by atoms with E-state index in [1.54, 1.807) is 6.08 Å². The Bertz CT molecular complexity index is 1040. The highest BCUT2D eigenvalue weighted by Crippen LogP contribution is 2.27. The first kappa shape index (κ1) is 36.4. The molecule has 2 heterocycles. The Labute approximate surface area is 254 Å². The van der Waals surface area contributed by atoms with Crippen molar-refractivity contribution in [2.24, 2.45) is 0 Å². The van der Waals surface area contributed by atoms with Gasteiger partial charge in [0.15, 0.2) is 30.5 Å².